The summed E-state index contributed by atoms with van der Waals surface area (Å²) in [5.41, 5.74) is 2.60. The number of benzene rings is 1. The lowest BCUT2D eigenvalue weighted by molar-refractivity contribution is 0.417. The summed E-state index contributed by atoms with van der Waals surface area (Å²) in [6, 6.07) is 11.8. The Hall–Kier alpha value is -1.53. The predicted molar refractivity (Wildman–Crippen MR) is 79.4 cm³/mol. The topological polar surface area (TPSA) is 39.1 Å². The van der Waals surface area contributed by atoms with E-state index in [4.69, 9.17) is 5.26 Å². The van der Waals surface area contributed by atoms with Crippen LogP contribution in [0.3, 0.4) is 0 Å². The lowest BCUT2D eigenvalue weighted by Crippen LogP contribution is -2.56. The van der Waals surface area contributed by atoms with Gasteiger partial charge in [-0.3, -0.25) is 0 Å². The van der Waals surface area contributed by atoms with Crippen LogP contribution in [0.15, 0.2) is 24.3 Å². The zero-order valence-corrected chi connectivity index (χ0v) is 12.1. The standard InChI is InChI=1S/C16H23N3/c1-12(2)14-4-6-15(7-5-14)19-13(3)10-18-11-16(19)8-9-17/h4-7,12-13,16,18H,8,10-11H2,1-3H3. The molecule has 1 saturated heterocycles. The third-order valence-electron chi connectivity index (χ3n) is 3.87. The highest BCUT2D eigenvalue weighted by molar-refractivity contribution is 5.51. The molecule has 0 spiro atoms. The SMILES string of the molecule is CC(C)c1ccc(N2C(C)CNCC2CC#N)cc1. The van der Waals surface area contributed by atoms with E-state index in [1.54, 1.807) is 0 Å². The molecule has 1 aliphatic heterocycles. The monoisotopic (exact) mass is 257 g/mol. The minimum atomic E-state index is 0.277. The molecular weight excluding hydrogens is 234 g/mol. The van der Waals surface area contributed by atoms with E-state index in [0.29, 0.717) is 18.4 Å². The molecule has 2 rings (SSSR count). The van der Waals surface area contributed by atoms with Gasteiger partial charge in [0.15, 0.2) is 0 Å². The van der Waals surface area contributed by atoms with Crippen molar-refractivity contribution in [2.24, 2.45) is 0 Å². The summed E-state index contributed by atoms with van der Waals surface area (Å²) in [6.45, 7) is 8.51. The van der Waals surface area contributed by atoms with Crippen molar-refractivity contribution in [3.8, 4) is 6.07 Å². The fourth-order valence-corrected chi connectivity index (χ4v) is 2.79. The number of anilines is 1. The highest BCUT2D eigenvalue weighted by Gasteiger charge is 2.27. The van der Waals surface area contributed by atoms with Crippen molar-refractivity contribution in [3.05, 3.63) is 29.8 Å². The molecule has 1 N–H and O–H groups in total. The second kappa shape index (κ2) is 6.08. The molecular formula is C16H23N3. The Morgan fingerprint density at radius 3 is 2.58 bits per heavy atom. The molecule has 1 fully saturated rings. The average Bonchev–Trinajstić information content (AvgIpc) is 2.39. The summed E-state index contributed by atoms with van der Waals surface area (Å²) in [7, 11) is 0. The molecule has 102 valence electrons. The molecule has 0 radical (unpaired) electrons. The van der Waals surface area contributed by atoms with Gasteiger partial charge in [0.05, 0.1) is 18.5 Å². The third kappa shape index (κ3) is 3.08. The van der Waals surface area contributed by atoms with Crippen molar-refractivity contribution < 1.29 is 0 Å². The first-order chi connectivity index (χ1) is 9.13. The number of nitrogens with one attached hydrogen (secondary N) is 1. The van der Waals surface area contributed by atoms with E-state index >= 15 is 0 Å². The van der Waals surface area contributed by atoms with Gasteiger partial charge in [-0.05, 0) is 30.5 Å². The minimum Gasteiger partial charge on any atom is -0.362 e. The van der Waals surface area contributed by atoms with Gasteiger partial charge in [0.2, 0.25) is 0 Å². The second-order valence-corrected chi connectivity index (χ2v) is 5.68. The molecule has 3 nitrogen and oxygen atoms in total. The summed E-state index contributed by atoms with van der Waals surface area (Å²) >= 11 is 0. The van der Waals surface area contributed by atoms with Crippen LogP contribution < -0.4 is 10.2 Å². The maximum Gasteiger partial charge on any atom is 0.0643 e. The van der Waals surface area contributed by atoms with E-state index in [9.17, 15) is 0 Å². The van der Waals surface area contributed by atoms with Gasteiger partial charge >= 0.3 is 0 Å². The van der Waals surface area contributed by atoms with Crippen molar-refractivity contribution in [2.75, 3.05) is 18.0 Å². The number of nitriles is 1. The highest BCUT2D eigenvalue weighted by atomic mass is 15.2. The first-order valence-corrected chi connectivity index (χ1v) is 7.09. The number of hydrogen-bond donors (Lipinski definition) is 1. The van der Waals surface area contributed by atoms with Gasteiger partial charge in [-0.15, -0.1) is 0 Å². The van der Waals surface area contributed by atoms with E-state index in [0.717, 1.165) is 13.1 Å². The number of piperazine rings is 1. The highest BCUT2D eigenvalue weighted by Crippen LogP contribution is 2.25. The molecule has 0 saturated carbocycles. The Morgan fingerprint density at radius 1 is 1.32 bits per heavy atom. The molecule has 1 heterocycles. The van der Waals surface area contributed by atoms with E-state index in [-0.39, 0.29) is 6.04 Å². The van der Waals surface area contributed by atoms with Crippen LogP contribution in [0, 0.1) is 11.3 Å². The number of nitrogens with zero attached hydrogens (tertiary/aromatic N) is 2. The molecule has 1 aromatic carbocycles. The molecule has 2 atom stereocenters. The smallest absolute Gasteiger partial charge is 0.0643 e. The molecule has 0 amide bonds. The fourth-order valence-electron chi connectivity index (χ4n) is 2.79. The van der Waals surface area contributed by atoms with Gasteiger partial charge in [0.1, 0.15) is 0 Å². The van der Waals surface area contributed by atoms with Gasteiger partial charge in [-0.1, -0.05) is 26.0 Å². The molecule has 1 aromatic rings. The Morgan fingerprint density at radius 2 is 2.00 bits per heavy atom. The van der Waals surface area contributed by atoms with Gasteiger partial charge in [0, 0.05) is 24.8 Å². The van der Waals surface area contributed by atoms with Gasteiger partial charge < -0.3 is 10.2 Å². The first-order valence-electron chi connectivity index (χ1n) is 7.09. The molecule has 1 aliphatic rings. The van der Waals surface area contributed by atoms with E-state index in [1.807, 2.05) is 0 Å². The van der Waals surface area contributed by atoms with Crippen LogP contribution in [0.2, 0.25) is 0 Å². The lowest BCUT2D eigenvalue weighted by atomic mass is 10.0. The lowest BCUT2D eigenvalue weighted by Gasteiger charge is -2.42. The van der Waals surface area contributed by atoms with Crippen molar-refractivity contribution in [2.45, 2.75) is 45.2 Å². The van der Waals surface area contributed by atoms with Crippen molar-refractivity contribution in [3.63, 3.8) is 0 Å². The maximum absolute atomic E-state index is 8.98. The van der Waals surface area contributed by atoms with Crippen LogP contribution in [0.5, 0.6) is 0 Å². The largest absolute Gasteiger partial charge is 0.362 e. The quantitative estimate of drug-likeness (QED) is 0.905. The minimum absolute atomic E-state index is 0.277. The van der Waals surface area contributed by atoms with Gasteiger partial charge in [-0.25, -0.2) is 0 Å². The molecule has 19 heavy (non-hydrogen) atoms. The van der Waals surface area contributed by atoms with Crippen LogP contribution >= 0.6 is 0 Å². The molecule has 0 bridgehead atoms. The summed E-state index contributed by atoms with van der Waals surface area (Å²) in [5, 5.41) is 12.4. The zero-order valence-electron chi connectivity index (χ0n) is 12.1. The predicted octanol–water partition coefficient (Wildman–Crippen LogP) is 2.89. The van der Waals surface area contributed by atoms with E-state index in [2.05, 4.69) is 61.3 Å². The molecule has 2 unspecified atom stereocenters. The Kier molecular flexibility index (Phi) is 4.44. The van der Waals surface area contributed by atoms with E-state index < -0.39 is 0 Å². The molecule has 0 aromatic heterocycles. The number of rotatable bonds is 3. The van der Waals surface area contributed by atoms with Crippen LogP contribution in [0.4, 0.5) is 5.69 Å². The Labute approximate surface area is 116 Å². The van der Waals surface area contributed by atoms with Crippen LogP contribution in [0.1, 0.15) is 38.7 Å². The molecule has 3 heteroatoms. The summed E-state index contributed by atoms with van der Waals surface area (Å²) in [4.78, 5) is 2.39. The zero-order chi connectivity index (χ0) is 13.8. The summed E-state index contributed by atoms with van der Waals surface area (Å²) in [5.74, 6) is 0.560. The van der Waals surface area contributed by atoms with Crippen molar-refractivity contribution in [1.29, 1.82) is 5.26 Å². The third-order valence-corrected chi connectivity index (χ3v) is 3.87. The van der Waals surface area contributed by atoms with Crippen LogP contribution in [-0.4, -0.2) is 25.2 Å². The van der Waals surface area contributed by atoms with Crippen LogP contribution in [-0.2, 0) is 0 Å². The number of hydrogen-bond acceptors (Lipinski definition) is 3. The molecule has 0 aliphatic carbocycles. The first kappa shape index (κ1) is 13.9. The van der Waals surface area contributed by atoms with Crippen LogP contribution in [0.25, 0.3) is 0 Å². The Bertz CT molecular complexity index is 444. The van der Waals surface area contributed by atoms with Gasteiger partial charge in [0.25, 0.3) is 0 Å². The van der Waals surface area contributed by atoms with Crippen molar-refractivity contribution >= 4 is 5.69 Å². The van der Waals surface area contributed by atoms with Gasteiger partial charge in [-0.2, -0.15) is 5.26 Å². The normalized spacial score (nSPS) is 23.4. The Balaban J connectivity index is 2.23. The summed E-state index contributed by atoms with van der Waals surface area (Å²) < 4.78 is 0. The maximum atomic E-state index is 8.98. The fraction of sp³-hybridized carbons (Fsp3) is 0.562. The average molecular weight is 257 g/mol. The van der Waals surface area contributed by atoms with E-state index in [1.165, 1.54) is 11.3 Å². The summed E-state index contributed by atoms with van der Waals surface area (Å²) in [6.07, 6.45) is 0.573. The van der Waals surface area contributed by atoms with Crippen molar-refractivity contribution in [1.82, 2.24) is 5.32 Å². The second-order valence-electron chi connectivity index (χ2n) is 5.68.